The Kier molecular flexibility index (Phi) is 8.08. The van der Waals surface area contributed by atoms with Crippen LogP contribution in [0, 0.1) is 5.41 Å². The van der Waals surface area contributed by atoms with Crippen molar-refractivity contribution in [1.29, 1.82) is 0 Å². The van der Waals surface area contributed by atoms with Crippen LogP contribution in [0.25, 0.3) is 132 Å². The van der Waals surface area contributed by atoms with Gasteiger partial charge in [-0.2, -0.15) is 0 Å². The molecule has 4 aromatic heterocycles. The van der Waals surface area contributed by atoms with Gasteiger partial charge in [0.25, 0.3) is 0 Å². The highest BCUT2D eigenvalue weighted by Crippen LogP contribution is 2.71. The maximum Gasteiger partial charge on any atom is 0.136 e. The molecular weight excluding hydrogens is 1030 g/mol. The molecule has 12 aromatic carbocycles. The number of para-hydroxylation sites is 2. The number of furan rings is 2. The number of rotatable bonds is 2. The van der Waals surface area contributed by atoms with Crippen LogP contribution < -0.4 is 0 Å². The quantitative estimate of drug-likeness (QED) is 0.173. The van der Waals surface area contributed by atoms with Crippen LogP contribution in [-0.4, -0.2) is 9.13 Å². The normalized spacial score (nSPS) is 17.7. The van der Waals surface area contributed by atoms with Crippen molar-refractivity contribution in [3.8, 4) is 44.8 Å². The van der Waals surface area contributed by atoms with E-state index in [0.717, 1.165) is 77.3 Å². The molecule has 0 fully saturated rings. The number of aromatic nitrogens is 2. The van der Waals surface area contributed by atoms with Crippen LogP contribution in [0.15, 0.2) is 276 Å². The predicted molar refractivity (Wildman–Crippen MR) is 347 cm³/mol. The van der Waals surface area contributed by atoms with Crippen molar-refractivity contribution in [2.75, 3.05) is 0 Å². The summed E-state index contributed by atoms with van der Waals surface area (Å²) in [7, 11) is 0. The number of nitrogens with zero attached hydrogens (tertiary/aromatic N) is 2. The van der Waals surface area contributed by atoms with Gasteiger partial charge in [0.05, 0.1) is 32.9 Å². The summed E-state index contributed by atoms with van der Waals surface area (Å²) in [6.07, 6.45) is 9.54. The molecule has 0 saturated carbocycles. The summed E-state index contributed by atoms with van der Waals surface area (Å²) in [6.45, 7) is 2.51. The Bertz CT molecular complexity index is 5760. The second-order valence-corrected chi connectivity index (χ2v) is 24.7. The molecule has 2 atom stereocenters. The van der Waals surface area contributed by atoms with Gasteiger partial charge in [-0.1, -0.05) is 201 Å². The Hall–Kier alpha value is -10.7. The summed E-state index contributed by atoms with van der Waals surface area (Å²) >= 11 is 0. The van der Waals surface area contributed by atoms with Gasteiger partial charge >= 0.3 is 0 Å². The van der Waals surface area contributed by atoms with E-state index in [9.17, 15) is 0 Å². The molecule has 4 heterocycles. The van der Waals surface area contributed by atoms with E-state index < -0.39 is 5.41 Å². The number of fused-ring (bicyclic) bond motifs is 34. The molecule has 2 unspecified atom stereocenters. The summed E-state index contributed by atoms with van der Waals surface area (Å²) in [6, 6.07) is 91.5. The van der Waals surface area contributed by atoms with Gasteiger partial charge in [0, 0.05) is 65.8 Å². The average molecular weight is 1080 g/mol. The van der Waals surface area contributed by atoms with E-state index in [1.54, 1.807) is 0 Å². The zero-order chi connectivity index (χ0) is 55.2. The molecule has 2 spiro atoms. The molecule has 21 rings (SSSR count). The van der Waals surface area contributed by atoms with Gasteiger partial charge in [-0.3, -0.25) is 0 Å². The lowest BCUT2D eigenvalue weighted by atomic mass is 9.56. The number of allylic oxidation sites excluding steroid dienone is 4. The molecule has 0 N–H and O–H groups in total. The molecule has 0 saturated heterocycles. The molecular formula is C81H48N2O2. The highest BCUT2D eigenvalue weighted by molar-refractivity contribution is 6.32. The molecule has 0 bridgehead atoms. The van der Waals surface area contributed by atoms with Gasteiger partial charge < -0.3 is 18.0 Å². The minimum absolute atomic E-state index is 0.129. The first-order valence-electron chi connectivity index (χ1n) is 29.9. The van der Waals surface area contributed by atoms with Gasteiger partial charge in [0.15, 0.2) is 0 Å². The molecule has 16 aromatic rings. The standard InChI is InChI=1S/C81H48N2O2/c1-79-41-17-16-25-59(79)56-43-47(34-36-66(56)81(79)64-29-12-5-20-50(64)51-21-6-13-30-65(51)81)83-68-38-40-74-78(54-24-8-15-32-72(54)85-74)76(68)58-44-69-57(45-70(58)83)75-67(37-39-73-77(75)53-23-7-14-31-71(53)84-73)82(69)46-33-35-63-55(42-46)52-22-4-11-28-62(52)80(63)60-26-9-2-18-48(60)49-19-3-10-27-61(49)80/h2-45,59H,1H3. The van der Waals surface area contributed by atoms with Crippen LogP contribution in [-0.2, 0) is 10.8 Å². The molecule has 0 amide bonds. The Labute approximate surface area is 488 Å². The second kappa shape index (κ2) is 15.3. The second-order valence-electron chi connectivity index (χ2n) is 24.7. The monoisotopic (exact) mass is 1080 g/mol. The molecule has 4 heteroatoms. The van der Waals surface area contributed by atoms with Crippen molar-refractivity contribution in [2.24, 2.45) is 5.41 Å². The van der Waals surface area contributed by atoms with Crippen molar-refractivity contribution in [1.82, 2.24) is 9.13 Å². The fourth-order valence-electron chi connectivity index (χ4n) is 18.1. The lowest BCUT2D eigenvalue weighted by Gasteiger charge is -2.45. The van der Waals surface area contributed by atoms with Gasteiger partial charge in [-0.15, -0.1) is 0 Å². The molecule has 394 valence electrons. The summed E-state index contributed by atoms with van der Waals surface area (Å²) in [5.74, 6) is 0.129. The van der Waals surface area contributed by atoms with E-state index in [1.807, 2.05) is 0 Å². The van der Waals surface area contributed by atoms with Crippen molar-refractivity contribution >= 4 is 87.5 Å². The van der Waals surface area contributed by atoms with E-state index in [1.165, 1.54) is 99.4 Å². The lowest BCUT2D eigenvalue weighted by Crippen LogP contribution is -2.41. The fraction of sp³-hybridized carbons (Fsp3) is 0.0617. The minimum atomic E-state index is -0.445. The zero-order valence-corrected chi connectivity index (χ0v) is 46.2. The maximum absolute atomic E-state index is 6.79. The van der Waals surface area contributed by atoms with E-state index in [0.29, 0.717) is 0 Å². The summed E-state index contributed by atoms with van der Waals surface area (Å²) in [4.78, 5) is 0. The third kappa shape index (κ3) is 5.07. The minimum Gasteiger partial charge on any atom is -0.456 e. The van der Waals surface area contributed by atoms with E-state index in [2.05, 4.69) is 283 Å². The van der Waals surface area contributed by atoms with Crippen LogP contribution in [0.1, 0.15) is 57.3 Å². The highest BCUT2D eigenvalue weighted by atomic mass is 16.3. The van der Waals surface area contributed by atoms with Gasteiger partial charge in [-0.05, 0) is 151 Å². The first-order chi connectivity index (χ1) is 42.0. The maximum atomic E-state index is 6.79. The van der Waals surface area contributed by atoms with Crippen LogP contribution in [0.5, 0.6) is 0 Å². The summed E-state index contributed by atoms with van der Waals surface area (Å²) in [5.41, 5.74) is 27.9. The third-order valence-corrected chi connectivity index (χ3v) is 21.2. The Balaban J connectivity index is 0.882. The zero-order valence-electron chi connectivity index (χ0n) is 46.2. The smallest absolute Gasteiger partial charge is 0.136 e. The molecule has 0 aliphatic heterocycles. The van der Waals surface area contributed by atoms with Crippen molar-refractivity contribution in [3.05, 3.63) is 311 Å². The van der Waals surface area contributed by atoms with E-state index in [-0.39, 0.29) is 16.7 Å². The molecule has 85 heavy (non-hydrogen) atoms. The van der Waals surface area contributed by atoms with E-state index in [4.69, 9.17) is 8.83 Å². The van der Waals surface area contributed by atoms with Gasteiger partial charge in [-0.25, -0.2) is 0 Å². The number of hydrogen-bond donors (Lipinski definition) is 0. The molecule has 0 radical (unpaired) electrons. The third-order valence-electron chi connectivity index (χ3n) is 21.2. The predicted octanol–water partition coefficient (Wildman–Crippen LogP) is 20.6. The van der Waals surface area contributed by atoms with Crippen LogP contribution in [0.3, 0.4) is 0 Å². The average Bonchev–Trinajstić information content (AvgIpc) is 1.54. The van der Waals surface area contributed by atoms with Crippen LogP contribution in [0.4, 0.5) is 0 Å². The Morgan fingerprint density at radius 1 is 0.329 bits per heavy atom. The number of benzene rings is 12. The highest BCUT2D eigenvalue weighted by Gasteiger charge is 2.63. The van der Waals surface area contributed by atoms with Crippen molar-refractivity contribution in [3.63, 3.8) is 0 Å². The summed E-state index contributed by atoms with van der Waals surface area (Å²) < 4.78 is 18.7. The first kappa shape index (κ1) is 44.9. The first-order valence-corrected chi connectivity index (χ1v) is 29.9. The largest absolute Gasteiger partial charge is 0.456 e. The van der Waals surface area contributed by atoms with Crippen LogP contribution >= 0.6 is 0 Å². The number of hydrogen-bond acceptors (Lipinski definition) is 2. The molecule has 5 aliphatic rings. The summed E-state index contributed by atoms with van der Waals surface area (Å²) in [5, 5.41) is 9.17. The molecule has 4 nitrogen and oxygen atoms in total. The Morgan fingerprint density at radius 3 is 1.31 bits per heavy atom. The van der Waals surface area contributed by atoms with Gasteiger partial charge in [0.2, 0.25) is 0 Å². The Morgan fingerprint density at radius 2 is 0.765 bits per heavy atom. The van der Waals surface area contributed by atoms with Gasteiger partial charge in [0.1, 0.15) is 22.3 Å². The SMILES string of the molecule is CC12C=CC=CC1c1cc(-n3c4cc5c6c7c(ccc6n(-c6ccc8c(c6)-c6ccccc6C86c8ccccc8-c8ccccc86)c5cc4c4c5c(ccc43)oc3ccccc35)oc3ccccc37)ccc1C21c2ccccc2-c2ccccc21. The topological polar surface area (TPSA) is 36.1 Å². The fourth-order valence-corrected chi connectivity index (χ4v) is 18.1. The molecule has 5 aliphatic carbocycles. The lowest BCUT2D eigenvalue weighted by molar-refractivity contribution is 0.294. The van der Waals surface area contributed by atoms with Crippen LogP contribution in [0.2, 0.25) is 0 Å². The van der Waals surface area contributed by atoms with Crippen molar-refractivity contribution < 1.29 is 8.83 Å². The van der Waals surface area contributed by atoms with Crippen molar-refractivity contribution in [2.45, 2.75) is 23.7 Å². The van der Waals surface area contributed by atoms with E-state index >= 15 is 0 Å².